The van der Waals surface area contributed by atoms with Gasteiger partial charge in [-0.1, -0.05) is 56.2 Å². The molecule has 0 bridgehead atoms. The zero-order chi connectivity index (χ0) is 19.1. The van der Waals surface area contributed by atoms with E-state index in [9.17, 15) is 8.60 Å². The van der Waals surface area contributed by atoms with Gasteiger partial charge in [-0.05, 0) is 23.9 Å². The Morgan fingerprint density at radius 2 is 1.85 bits per heavy atom. The van der Waals surface area contributed by atoms with Gasteiger partial charge in [-0.2, -0.15) is 0 Å². The van der Waals surface area contributed by atoms with Crippen molar-refractivity contribution in [1.29, 1.82) is 0 Å². The molecule has 1 N–H and O–H groups in total. The van der Waals surface area contributed by atoms with Crippen LogP contribution in [-0.2, 0) is 15.4 Å². The summed E-state index contributed by atoms with van der Waals surface area (Å²) < 4.78 is 39.7. The largest absolute Gasteiger partial charge is 0.457 e. The van der Waals surface area contributed by atoms with Crippen LogP contribution in [0.1, 0.15) is 26.2 Å². The molecule has 0 aliphatic carbocycles. The number of ether oxygens (including phenoxy) is 1. The van der Waals surface area contributed by atoms with Gasteiger partial charge >= 0.3 is 0 Å². The van der Waals surface area contributed by atoms with E-state index in [0.29, 0.717) is 23.8 Å². The lowest BCUT2D eigenvalue weighted by Crippen LogP contribution is -2.09. The summed E-state index contributed by atoms with van der Waals surface area (Å²) in [5, 5.41) is 1.97. The maximum Gasteiger partial charge on any atom is 0.261 e. The van der Waals surface area contributed by atoms with E-state index in [1.807, 2.05) is 42.5 Å². The van der Waals surface area contributed by atoms with Crippen LogP contribution in [0.25, 0.3) is 10.8 Å². The lowest BCUT2D eigenvalue weighted by molar-refractivity contribution is 0.337. The van der Waals surface area contributed by atoms with Crippen LogP contribution in [0.5, 0.6) is 11.5 Å². The zero-order valence-electron chi connectivity index (χ0n) is 15.1. The Balaban J connectivity index is 1.72. The van der Waals surface area contributed by atoms with E-state index < -0.39 is 17.1 Å². The molecule has 4 nitrogen and oxygen atoms in total. The number of hydrogen-bond acceptors (Lipinski definition) is 3. The Kier molecular flexibility index (Phi) is 6.79. The number of nitrogens with one attached hydrogen (secondary N) is 1. The van der Waals surface area contributed by atoms with Gasteiger partial charge < -0.3 is 4.74 Å². The van der Waals surface area contributed by atoms with Gasteiger partial charge in [0.15, 0.2) is 0 Å². The molecule has 0 fully saturated rings. The fourth-order valence-electron chi connectivity index (χ4n) is 2.70. The Morgan fingerprint density at radius 3 is 2.70 bits per heavy atom. The maximum atomic E-state index is 14.0. The molecule has 0 radical (unpaired) electrons. The van der Waals surface area contributed by atoms with Crippen LogP contribution in [0.15, 0.2) is 60.7 Å². The molecule has 3 aromatic carbocycles. The molecule has 142 valence electrons. The average molecular weight is 387 g/mol. The minimum atomic E-state index is -1.73. The first-order valence-electron chi connectivity index (χ1n) is 8.93. The average Bonchev–Trinajstić information content (AvgIpc) is 2.65. The minimum Gasteiger partial charge on any atom is -0.457 e. The van der Waals surface area contributed by atoms with Crippen molar-refractivity contribution in [2.45, 2.75) is 26.2 Å². The molecule has 0 amide bonds. The standard InChI is InChI=1S/C21H22FNO3S/c1-2-3-6-12-25-27(24)23-18-13-17(22)14-19(15-18)26-21-11-7-9-16-8-4-5-10-20(16)21/h4-5,7-11,13-15,23H,2-3,6,12H2,1H3. The van der Waals surface area contributed by atoms with E-state index in [2.05, 4.69) is 11.6 Å². The molecule has 3 rings (SSSR count). The van der Waals surface area contributed by atoms with Crippen molar-refractivity contribution in [3.63, 3.8) is 0 Å². The van der Waals surface area contributed by atoms with Crippen LogP contribution in [0.2, 0.25) is 0 Å². The third-order valence-electron chi connectivity index (χ3n) is 3.99. The van der Waals surface area contributed by atoms with Crippen molar-refractivity contribution in [3.8, 4) is 11.5 Å². The summed E-state index contributed by atoms with van der Waals surface area (Å²) >= 11 is -1.73. The third-order valence-corrected chi connectivity index (χ3v) is 4.77. The molecule has 1 atom stereocenters. The van der Waals surface area contributed by atoms with E-state index in [-0.39, 0.29) is 0 Å². The van der Waals surface area contributed by atoms with Gasteiger partial charge in [-0.25, -0.2) is 8.60 Å². The molecule has 0 aromatic heterocycles. The van der Waals surface area contributed by atoms with Gasteiger partial charge in [0.2, 0.25) is 0 Å². The summed E-state index contributed by atoms with van der Waals surface area (Å²) in [6, 6.07) is 17.6. The molecule has 1 unspecified atom stereocenters. The molecule has 6 heteroatoms. The first-order valence-corrected chi connectivity index (χ1v) is 10.0. The normalized spacial score (nSPS) is 12.1. The third kappa shape index (κ3) is 5.52. The maximum absolute atomic E-state index is 14.0. The van der Waals surface area contributed by atoms with Gasteiger partial charge in [-0.15, -0.1) is 0 Å². The van der Waals surface area contributed by atoms with Crippen LogP contribution < -0.4 is 9.46 Å². The van der Waals surface area contributed by atoms with E-state index in [1.165, 1.54) is 12.1 Å². The monoisotopic (exact) mass is 387 g/mol. The summed E-state index contributed by atoms with van der Waals surface area (Å²) in [6.07, 6.45) is 2.91. The topological polar surface area (TPSA) is 47.6 Å². The smallest absolute Gasteiger partial charge is 0.261 e. The summed E-state index contributed by atoms with van der Waals surface area (Å²) in [5.74, 6) is 0.455. The van der Waals surface area contributed by atoms with Crippen molar-refractivity contribution in [2.75, 3.05) is 11.3 Å². The Bertz CT molecular complexity index is 927. The Labute approximate surface area is 161 Å². The summed E-state index contributed by atoms with van der Waals surface area (Å²) in [4.78, 5) is 0. The van der Waals surface area contributed by atoms with Crippen molar-refractivity contribution < 1.29 is 17.5 Å². The molecule has 0 saturated heterocycles. The van der Waals surface area contributed by atoms with Gasteiger partial charge in [-0.3, -0.25) is 8.91 Å². The molecular formula is C21H22FNO3S. The zero-order valence-corrected chi connectivity index (χ0v) is 15.9. The van der Waals surface area contributed by atoms with E-state index in [1.54, 1.807) is 6.07 Å². The number of halogens is 1. The second kappa shape index (κ2) is 9.48. The first kappa shape index (κ1) is 19.3. The summed E-state index contributed by atoms with van der Waals surface area (Å²) in [6.45, 7) is 2.47. The second-order valence-electron chi connectivity index (χ2n) is 6.12. The predicted octanol–water partition coefficient (Wildman–Crippen LogP) is 5.97. The van der Waals surface area contributed by atoms with Crippen LogP contribution >= 0.6 is 0 Å². The van der Waals surface area contributed by atoms with E-state index in [0.717, 1.165) is 30.0 Å². The van der Waals surface area contributed by atoms with Crippen LogP contribution in [0.4, 0.5) is 10.1 Å². The SMILES string of the molecule is CCCCCOS(=O)Nc1cc(F)cc(Oc2cccc3ccccc23)c1. The molecule has 0 saturated carbocycles. The molecular weight excluding hydrogens is 365 g/mol. The van der Waals surface area contributed by atoms with Crippen LogP contribution in [0.3, 0.4) is 0 Å². The fourth-order valence-corrected chi connectivity index (χ4v) is 3.34. The molecule has 0 spiro atoms. The Hall–Kier alpha value is -2.44. The highest BCUT2D eigenvalue weighted by molar-refractivity contribution is 7.81. The van der Waals surface area contributed by atoms with E-state index in [4.69, 9.17) is 8.92 Å². The Morgan fingerprint density at radius 1 is 1.04 bits per heavy atom. The highest BCUT2D eigenvalue weighted by atomic mass is 32.2. The van der Waals surface area contributed by atoms with Gasteiger partial charge in [0.1, 0.15) is 17.3 Å². The summed E-state index contributed by atoms with van der Waals surface area (Å²) in [7, 11) is 0. The van der Waals surface area contributed by atoms with Crippen molar-refractivity contribution in [2.24, 2.45) is 0 Å². The van der Waals surface area contributed by atoms with Gasteiger partial charge in [0, 0.05) is 17.5 Å². The van der Waals surface area contributed by atoms with Crippen molar-refractivity contribution >= 4 is 27.7 Å². The fraction of sp³-hybridized carbons (Fsp3) is 0.238. The molecule has 3 aromatic rings. The van der Waals surface area contributed by atoms with Crippen molar-refractivity contribution in [1.82, 2.24) is 0 Å². The molecule has 0 aliphatic rings. The first-order chi connectivity index (χ1) is 13.2. The highest BCUT2D eigenvalue weighted by Crippen LogP contribution is 2.31. The second-order valence-corrected chi connectivity index (χ2v) is 7.03. The number of benzene rings is 3. The van der Waals surface area contributed by atoms with Crippen molar-refractivity contribution in [3.05, 3.63) is 66.5 Å². The molecule has 27 heavy (non-hydrogen) atoms. The highest BCUT2D eigenvalue weighted by Gasteiger charge is 2.08. The predicted molar refractivity (Wildman–Crippen MR) is 108 cm³/mol. The van der Waals surface area contributed by atoms with E-state index >= 15 is 0 Å². The minimum absolute atomic E-state index is 0.317. The van der Waals surface area contributed by atoms with Gasteiger partial charge in [0.05, 0.1) is 12.3 Å². The van der Waals surface area contributed by atoms with Crippen LogP contribution in [0, 0.1) is 5.82 Å². The number of fused-ring (bicyclic) bond motifs is 1. The van der Waals surface area contributed by atoms with Crippen LogP contribution in [-0.4, -0.2) is 10.8 Å². The molecule has 0 heterocycles. The number of unbranched alkanes of at least 4 members (excludes halogenated alkanes) is 2. The lowest BCUT2D eigenvalue weighted by Gasteiger charge is -2.11. The number of hydrogen-bond donors (Lipinski definition) is 1. The number of anilines is 1. The van der Waals surface area contributed by atoms with Gasteiger partial charge in [0.25, 0.3) is 11.3 Å². The summed E-state index contributed by atoms with van der Waals surface area (Å²) in [5.41, 5.74) is 0.332. The lowest BCUT2D eigenvalue weighted by atomic mass is 10.1. The molecule has 0 aliphatic heterocycles. The number of rotatable bonds is 9. The quantitative estimate of drug-likeness (QED) is 0.460.